The van der Waals surface area contributed by atoms with Crippen molar-refractivity contribution in [1.82, 2.24) is 19.7 Å². The van der Waals surface area contributed by atoms with E-state index in [4.69, 9.17) is 0 Å². The van der Waals surface area contributed by atoms with Crippen molar-refractivity contribution in [2.24, 2.45) is 0 Å². The maximum absolute atomic E-state index is 12.8. The van der Waals surface area contributed by atoms with Gasteiger partial charge in [0.25, 0.3) is 5.91 Å². The Morgan fingerprint density at radius 2 is 1.96 bits per heavy atom. The molecule has 0 saturated heterocycles. The molecule has 1 amide bonds. The molecule has 2 aromatic rings. The first-order valence-electron chi connectivity index (χ1n) is 8.69. The Balaban J connectivity index is 2.21. The first-order valence-corrected chi connectivity index (χ1v) is 10.5. The molecule has 0 spiro atoms. The standard InChI is InChI=1S/C18H26N4O3S/c1-6-21(15(5)12-26(24,25)7-2)18(23)16-8-9-17(19-11-16)22-14(4)10-13(3)20-22/h8-11,15H,6-7,12H2,1-5H3. The molecule has 0 aliphatic carbocycles. The molecule has 8 heteroatoms. The van der Waals surface area contributed by atoms with Crippen LogP contribution in [0.1, 0.15) is 42.5 Å². The van der Waals surface area contributed by atoms with Gasteiger partial charge in [-0.2, -0.15) is 5.10 Å². The van der Waals surface area contributed by atoms with Crippen LogP contribution in [-0.4, -0.2) is 58.1 Å². The normalized spacial score (nSPS) is 12.8. The molecule has 1 atom stereocenters. The number of amides is 1. The summed E-state index contributed by atoms with van der Waals surface area (Å²) >= 11 is 0. The summed E-state index contributed by atoms with van der Waals surface area (Å²) in [6, 6.07) is 5.00. The van der Waals surface area contributed by atoms with Crippen molar-refractivity contribution in [3.63, 3.8) is 0 Å². The van der Waals surface area contributed by atoms with Gasteiger partial charge in [0.2, 0.25) is 0 Å². The SMILES string of the molecule is CCN(C(=O)c1ccc(-n2nc(C)cc2C)nc1)C(C)CS(=O)(=O)CC. The Kier molecular flexibility index (Phi) is 6.17. The second-order valence-corrected chi connectivity index (χ2v) is 8.78. The second-order valence-electron chi connectivity index (χ2n) is 6.38. The molecule has 7 nitrogen and oxygen atoms in total. The van der Waals surface area contributed by atoms with Crippen LogP contribution in [-0.2, 0) is 9.84 Å². The lowest BCUT2D eigenvalue weighted by Crippen LogP contribution is -2.42. The van der Waals surface area contributed by atoms with E-state index in [-0.39, 0.29) is 17.4 Å². The van der Waals surface area contributed by atoms with Gasteiger partial charge in [-0.05, 0) is 45.9 Å². The van der Waals surface area contributed by atoms with Crippen LogP contribution in [0.3, 0.4) is 0 Å². The van der Waals surface area contributed by atoms with Crippen LogP contribution in [0.15, 0.2) is 24.4 Å². The second kappa shape index (κ2) is 7.99. The number of aryl methyl sites for hydroxylation is 2. The molecule has 0 saturated carbocycles. The number of hydrogen-bond acceptors (Lipinski definition) is 5. The molecule has 142 valence electrons. The summed E-state index contributed by atoms with van der Waals surface area (Å²) in [5, 5.41) is 4.38. The van der Waals surface area contributed by atoms with Gasteiger partial charge in [-0.1, -0.05) is 6.92 Å². The Bertz CT molecular complexity index is 872. The number of aromatic nitrogens is 3. The van der Waals surface area contributed by atoms with E-state index >= 15 is 0 Å². The van der Waals surface area contributed by atoms with E-state index in [0.29, 0.717) is 17.9 Å². The number of sulfone groups is 1. The van der Waals surface area contributed by atoms with Gasteiger partial charge in [0.1, 0.15) is 0 Å². The Morgan fingerprint density at radius 3 is 2.42 bits per heavy atom. The van der Waals surface area contributed by atoms with Gasteiger partial charge < -0.3 is 4.90 Å². The van der Waals surface area contributed by atoms with Crippen molar-refractivity contribution >= 4 is 15.7 Å². The lowest BCUT2D eigenvalue weighted by atomic mass is 10.2. The number of hydrogen-bond donors (Lipinski definition) is 0. The molecular weight excluding hydrogens is 352 g/mol. The highest BCUT2D eigenvalue weighted by molar-refractivity contribution is 7.91. The molecule has 0 N–H and O–H groups in total. The van der Waals surface area contributed by atoms with Crippen LogP contribution in [0, 0.1) is 13.8 Å². The number of carbonyl (C=O) groups excluding carboxylic acids is 1. The van der Waals surface area contributed by atoms with Crippen molar-refractivity contribution in [2.75, 3.05) is 18.1 Å². The summed E-state index contributed by atoms with van der Waals surface area (Å²) in [4.78, 5) is 18.7. The fourth-order valence-electron chi connectivity index (χ4n) is 2.90. The molecule has 0 radical (unpaired) electrons. The largest absolute Gasteiger partial charge is 0.335 e. The summed E-state index contributed by atoms with van der Waals surface area (Å²) in [6.45, 7) is 9.48. The monoisotopic (exact) mass is 378 g/mol. The molecule has 0 fully saturated rings. The third kappa shape index (κ3) is 4.49. The number of rotatable bonds is 7. The predicted molar refractivity (Wildman–Crippen MR) is 101 cm³/mol. The Morgan fingerprint density at radius 1 is 1.27 bits per heavy atom. The zero-order valence-corrected chi connectivity index (χ0v) is 16.7. The number of carbonyl (C=O) groups is 1. The molecule has 2 aromatic heterocycles. The first-order chi connectivity index (χ1) is 12.2. The van der Waals surface area contributed by atoms with Crippen LogP contribution in [0.4, 0.5) is 0 Å². The molecule has 0 aromatic carbocycles. The van der Waals surface area contributed by atoms with Gasteiger partial charge in [-0.3, -0.25) is 4.79 Å². The third-order valence-electron chi connectivity index (χ3n) is 4.29. The molecule has 1 unspecified atom stereocenters. The van der Waals surface area contributed by atoms with Gasteiger partial charge in [0.05, 0.1) is 17.0 Å². The van der Waals surface area contributed by atoms with Crippen LogP contribution < -0.4 is 0 Å². The van der Waals surface area contributed by atoms with Crippen molar-refractivity contribution < 1.29 is 13.2 Å². The van der Waals surface area contributed by atoms with Crippen LogP contribution in [0.5, 0.6) is 0 Å². The summed E-state index contributed by atoms with van der Waals surface area (Å²) in [5.74, 6) is 0.443. The van der Waals surface area contributed by atoms with Gasteiger partial charge in [0.15, 0.2) is 15.7 Å². The highest BCUT2D eigenvalue weighted by Crippen LogP contribution is 2.13. The molecule has 26 heavy (non-hydrogen) atoms. The summed E-state index contributed by atoms with van der Waals surface area (Å²) < 4.78 is 25.4. The van der Waals surface area contributed by atoms with Crippen LogP contribution in [0.25, 0.3) is 5.82 Å². The summed E-state index contributed by atoms with van der Waals surface area (Å²) in [7, 11) is -3.16. The fourth-order valence-corrected chi connectivity index (χ4v) is 4.05. The average molecular weight is 378 g/mol. The van der Waals surface area contributed by atoms with E-state index in [0.717, 1.165) is 11.4 Å². The van der Waals surface area contributed by atoms with Gasteiger partial charge in [-0.25, -0.2) is 18.1 Å². The van der Waals surface area contributed by atoms with E-state index in [2.05, 4.69) is 10.1 Å². The molecule has 0 aliphatic heterocycles. The maximum atomic E-state index is 12.8. The van der Waals surface area contributed by atoms with Crippen LogP contribution >= 0.6 is 0 Å². The fraction of sp³-hybridized carbons (Fsp3) is 0.500. The summed E-state index contributed by atoms with van der Waals surface area (Å²) in [6.07, 6.45) is 1.51. The third-order valence-corrected chi connectivity index (χ3v) is 6.16. The molecule has 0 aliphatic rings. The van der Waals surface area contributed by atoms with Crippen molar-refractivity contribution in [3.8, 4) is 5.82 Å². The molecule has 0 bridgehead atoms. The topological polar surface area (TPSA) is 85.2 Å². The summed E-state index contributed by atoms with van der Waals surface area (Å²) in [5.41, 5.74) is 2.29. The minimum Gasteiger partial charge on any atom is -0.335 e. The lowest BCUT2D eigenvalue weighted by molar-refractivity contribution is 0.0718. The average Bonchev–Trinajstić information content (AvgIpc) is 2.93. The zero-order valence-electron chi connectivity index (χ0n) is 15.9. The minimum atomic E-state index is -3.16. The highest BCUT2D eigenvalue weighted by Gasteiger charge is 2.24. The first kappa shape index (κ1) is 20.1. The zero-order chi connectivity index (χ0) is 19.5. The molecule has 2 rings (SSSR count). The van der Waals surface area contributed by atoms with Gasteiger partial charge in [0, 0.05) is 30.2 Å². The van der Waals surface area contributed by atoms with Gasteiger partial charge >= 0.3 is 0 Å². The van der Waals surface area contributed by atoms with E-state index in [1.54, 1.807) is 35.6 Å². The van der Waals surface area contributed by atoms with Gasteiger partial charge in [-0.15, -0.1) is 0 Å². The van der Waals surface area contributed by atoms with E-state index in [1.807, 2.05) is 26.8 Å². The number of nitrogens with zero attached hydrogens (tertiary/aromatic N) is 4. The van der Waals surface area contributed by atoms with Crippen molar-refractivity contribution in [1.29, 1.82) is 0 Å². The van der Waals surface area contributed by atoms with E-state index in [1.165, 1.54) is 6.20 Å². The predicted octanol–water partition coefficient (Wildman–Crippen LogP) is 2.17. The lowest BCUT2D eigenvalue weighted by Gasteiger charge is -2.27. The van der Waals surface area contributed by atoms with Crippen molar-refractivity contribution in [3.05, 3.63) is 41.3 Å². The van der Waals surface area contributed by atoms with E-state index < -0.39 is 15.9 Å². The Hall–Kier alpha value is -2.22. The molecular formula is C18H26N4O3S. The Labute approximate surface area is 155 Å². The maximum Gasteiger partial charge on any atom is 0.255 e. The smallest absolute Gasteiger partial charge is 0.255 e. The number of pyridine rings is 1. The quantitative estimate of drug-likeness (QED) is 0.737. The highest BCUT2D eigenvalue weighted by atomic mass is 32.2. The van der Waals surface area contributed by atoms with Crippen molar-refractivity contribution in [2.45, 2.75) is 40.7 Å². The van der Waals surface area contributed by atoms with Crippen LogP contribution in [0.2, 0.25) is 0 Å². The molecule has 2 heterocycles. The minimum absolute atomic E-state index is 0.0413. The van der Waals surface area contributed by atoms with E-state index in [9.17, 15) is 13.2 Å².